The third-order valence-electron chi connectivity index (χ3n) is 5.00. The lowest BCUT2D eigenvalue weighted by molar-refractivity contribution is -0.121. The van der Waals surface area contributed by atoms with Crippen LogP contribution in [0.1, 0.15) is 18.4 Å². The van der Waals surface area contributed by atoms with E-state index in [1.807, 2.05) is 18.2 Å². The van der Waals surface area contributed by atoms with E-state index < -0.39 is 0 Å². The van der Waals surface area contributed by atoms with Crippen molar-refractivity contribution in [2.75, 3.05) is 18.4 Å². The van der Waals surface area contributed by atoms with Crippen LogP contribution in [0.3, 0.4) is 0 Å². The van der Waals surface area contributed by atoms with Crippen LogP contribution in [0.15, 0.2) is 73.1 Å². The number of amides is 1. The molecule has 6 nitrogen and oxygen atoms in total. The average molecular weight is 388 g/mol. The maximum absolute atomic E-state index is 12.8. The lowest BCUT2D eigenvalue weighted by atomic mass is 9.96. The van der Waals surface area contributed by atoms with Crippen molar-refractivity contribution in [3.05, 3.63) is 78.6 Å². The molecule has 3 aromatic rings. The lowest BCUT2D eigenvalue weighted by Crippen LogP contribution is -2.40. The maximum atomic E-state index is 12.8. The third kappa shape index (κ3) is 5.39. The molecule has 1 N–H and O–H groups in total. The molecule has 1 fully saturated rings. The van der Waals surface area contributed by atoms with Crippen LogP contribution in [0.2, 0.25) is 0 Å². The fourth-order valence-corrected chi connectivity index (χ4v) is 3.55. The summed E-state index contributed by atoms with van der Waals surface area (Å²) in [6.07, 6.45) is 5.21. The monoisotopic (exact) mass is 388 g/mol. The Balaban J connectivity index is 1.31. The van der Waals surface area contributed by atoms with E-state index in [-0.39, 0.29) is 11.8 Å². The molecule has 0 saturated carbocycles. The number of aromatic nitrogens is 2. The molecule has 1 saturated heterocycles. The quantitative estimate of drug-likeness (QED) is 0.688. The van der Waals surface area contributed by atoms with Gasteiger partial charge >= 0.3 is 6.01 Å². The van der Waals surface area contributed by atoms with Crippen LogP contribution in [-0.2, 0) is 11.3 Å². The highest BCUT2D eigenvalue weighted by Gasteiger charge is 2.25. The Morgan fingerprint density at radius 3 is 2.55 bits per heavy atom. The van der Waals surface area contributed by atoms with Crippen molar-refractivity contribution in [3.8, 4) is 11.8 Å². The molecule has 1 amide bonds. The van der Waals surface area contributed by atoms with Gasteiger partial charge in [0.1, 0.15) is 5.75 Å². The van der Waals surface area contributed by atoms with Crippen LogP contribution in [0.5, 0.6) is 11.8 Å². The Hall–Kier alpha value is -3.25. The van der Waals surface area contributed by atoms with Crippen molar-refractivity contribution in [2.24, 2.45) is 5.92 Å². The van der Waals surface area contributed by atoms with Crippen LogP contribution in [0.4, 0.5) is 5.69 Å². The van der Waals surface area contributed by atoms with Crippen molar-refractivity contribution < 1.29 is 9.53 Å². The highest BCUT2D eigenvalue weighted by atomic mass is 16.5. The van der Waals surface area contributed by atoms with E-state index in [4.69, 9.17) is 4.74 Å². The summed E-state index contributed by atoms with van der Waals surface area (Å²) in [5, 5.41) is 3.03. The summed E-state index contributed by atoms with van der Waals surface area (Å²) in [7, 11) is 0. The number of piperidine rings is 1. The molecule has 0 bridgehead atoms. The van der Waals surface area contributed by atoms with E-state index >= 15 is 0 Å². The Labute approximate surface area is 170 Å². The largest absolute Gasteiger partial charge is 0.424 e. The van der Waals surface area contributed by atoms with Crippen LogP contribution in [-0.4, -0.2) is 33.9 Å². The molecule has 1 aliphatic rings. The van der Waals surface area contributed by atoms with E-state index in [0.717, 1.165) is 38.2 Å². The number of likely N-dealkylation sites (tertiary alicyclic amines) is 1. The van der Waals surface area contributed by atoms with Crippen LogP contribution in [0, 0.1) is 5.92 Å². The fraction of sp³-hybridized carbons (Fsp3) is 0.261. The van der Waals surface area contributed by atoms with Gasteiger partial charge in [0, 0.05) is 31.2 Å². The van der Waals surface area contributed by atoms with Gasteiger partial charge in [0.25, 0.3) is 0 Å². The van der Waals surface area contributed by atoms with Gasteiger partial charge in [-0.25, -0.2) is 9.97 Å². The second-order valence-corrected chi connectivity index (χ2v) is 7.21. The normalized spacial score (nSPS) is 16.9. The molecule has 2 heterocycles. The second-order valence-electron chi connectivity index (χ2n) is 7.21. The third-order valence-corrected chi connectivity index (χ3v) is 5.00. The number of ether oxygens (including phenoxy) is 1. The van der Waals surface area contributed by atoms with Gasteiger partial charge in [0.15, 0.2) is 0 Å². The van der Waals surface area contributed by atoms with E-state index in [0.29, 0.717) is 11.8 Å². The first-order valence-electron chi connectivity index (χ1n) is 9.88. The average Bonchev–Trinajstić information content (AvgIpc) is 2.77. The minimum absolute atomic E-state index is 0.00103. The Bertz CT molecular complexity index is 917. The number of nitrogens with one attached hydrogen (secondary N) is 1. The van der Waals surface area contributed by atoms with Crippen molar-refractivity contribution in [3.63, 3.8) is 0 Å². The predicted octanol–water partition coefficient (Wildman–Crippen LogP) is 4.12. The standard InChI is InChI=1S/C23H24N4O2/c28-22(19-8-4-15-27(17-19)16-18-6-2-1-3-7-18)26-20-9-11-21(12-10-20)29-23-24-13-5-14-25-23/h1-3,5-7,9-14,19H,4,8,15-17H2,(H,26,28). The predicted molar refractivity (Wildman–Crippen MR) is 112 cm³/mol. The van der Waals surface area contributed by atoms with Gasteiger partial charge in [-0.2, -0.15) is 0 Å². The van der Waals surface area contributed by atoms with E-state index in [9.17, 15) is 4.79 Å². The zero-order valence-corrected chi connectivity index (χ0v) is 16.2. The molecular weight excluding hydrogens is 364 g/mol. The maximum Gasteiger partial charge on any atom is 0.321 e. The Kier molecular flexibility index (Phi) is 6.12. The summed E-state index contributed by atoms with van der Waals surface area (Å²) < 4.78 is 5.58. The molecule has 6 heteroatoms. The zero-order chi connectivity index (χ0) is 19.9. The topological polar surface area (TPSA) is 67.3 Å². The van der Waals surface area contributed by atoms with Crippen molar-refractivity contribution in [1.82, 2.24) is 14.9 Å². The number of carbonyl (C=O) groups excluding carboxylic acids is 1. The van der Waals surface area contributed by atoms with E-state index in [1.165, 1.54) is 5.56 Å². The molecule has 0 spiro atoms. The minimum Gasteiger partial charge on any atom is -0.424 e. The number of hydrogen-bond donors (Lipinski definition) is 1. The minimum atomic E-state index is 0.00103. The molecule has 4 rings (SSSR count). The molecule has 0 aliphatic carbocycles. The number of rotatable bonds is 6. The first-order chi connectivity index (χ1) is 14.3. The molecule has 1 aliphatic heterocycles. The molecule has 1 aromatic heterocycles. The summed E-state index contributed by atoms with van der Waals surface area (Å²) in [4.78, 5) is 23.2. The molecule has 1 unspecified atom stereocenters. The summed E-state index contributed by atoms with van der Waals surface area (Å²) in [5.74, 6) is 0.699. The SMILES string of the molecule is O=C(Nc1ccc(Oc2ncccn2)cc1)C1CCCN(Cc2ccccc2)C1. The van der Waals surface area contributed by atoms with Crippen LogP contribution < -0.4 is 10.1 Å². The number of hydrogen-bond acceptors (Lipinski definition) is 5. The summed E-state index contributed by atoms with van der Waals surface area (Å²) >= 11 is 0. The molecular formula is C23H24N4O2. The number of benzene rings is 2. The van der Waals surface area contributed by atoms with Gasteiger partial charge < -0.3 is 10.1 Å². The van der Waals surface area contributed by atoms with Crippen molar-refractivity contribution >= 4 is 11.6 Å². The first kappa shape index (κ1) is 19.1. The van der Waals surface area contributed by atoms with Crippen molar-refractivity contribution in [1.29, 1.82) is 0 Å². The smallest absolute Gasteiger partial charge is 0.321 e. The number of carbonyl (C=O) groups is 1. The summed E-state index contributed by atoms with van der Waals surface area (Å²) in [6.45, 7) is 2.71. The van der Waals surface area contributed by atoms with Gasteiger partial charge in [-0.1, -0.05) is 30.3 Å². The van der Waals surface area contributed by atoms with E-state index in [1.54, 1.807) is 30.6 Å². The van der Waals surface area contributed by atoms with Crippen molar-refractivity contribution in [2.45, 2.75) is 19.4 Å². The fourth-order valence-electron chi connectivity index (χ4n) is 3.55. The molecule has 148 valence electrons. The Morgan fingerprint density at radius 2 is 1.79 bits per heavy atom. The Morgan fingerprint density at radius 1 is 1.03 bits per heavy atom. The molecule has 29 heavy (non-hydrogen) atoms. The second kappa shape index (κ2) is 9.30. The van der Waals surface area contributed by atoms with Gasteiger partial charge in [-0.05, 0) is 55.3 Å². The van der Waals surface area contributed by atoms with Crippen LogP contribution >= 0.6 is 0 Å². The summed E-state index contributed by atoms with van der Waals surface area (Å²) in [6, 6.07) is 19.7. The number of nitrogens with zero attached hydrogens (tertiary/aromatic N) is 3. The zero-order valence-electron chi connectivity index (χ0n) is 16.2. The van der Waals surface area contributed by atoms with Crippen LogP contribution in [0.25, 0.3) is 0 Å². The first-order valence-corrected chi connectivity index (χ1v) is 9.88. The van der Waals surface area contributed by atoms with Gasteiger partial charge in [0.05, 0.1) is 5.92 Å². The molecule has 1 atom stereocenters. The highest BCUT2D eigenvalue weighted by molar-refractivity contribution is 5.92. The van der Waals surface area contributed by atoms with Gasteiger partial charge in [-0.3, -0.25) is 9.69 Å². The molecule has 2 aromatic carbocycles. The lowest BCUT2D eigenvalue weighted by Gasteiger charge is -2.32. The van der Waals surface area contributed by atoms with E-state index in [2.05, 4.69) is 44.5 Å². The highest BCUT2D eigenvalue weighted by Crippen LogP contribution is 2.23. The van der Waals surface area contributed by atoms with Gasteiger partial charge in [-0.15, -0.1) is 0 Å². The number of anilines is 1. The summed E-state index contributed by atoms with van der Waals surface area (Å²) in [5.41, 5.74) is 2.04. The van der Waals surface area contributed by atoms with Gasteiger partial charge in [0.2, 0.25) is 5.91 Å². The molecule has 0 radical (unpaired) electrons.